The van der Waals surface area contributed by atoms with E-state index < -0.39 is 0 Å². The molecule has 0 aromatic carbocycles. The van der Waals surface area contributed by atoms with Crippen molar-refractivity contribution in [3.63, 3.8) is 0 Å². The van der Waals surface area contributed by atoms with Crippen LogP contribution in [0.5, 0.6) is 0 Å². The summed E-state index contributed by atoms with van der Waals surface area (Å²) < 4.78 is 5.79. The number of aromatic nitrogens is 6. The van der Waals surface area contributed by atoms with Crippen LogP contribution in [0, 0.1) is 0 Å². The number of fused-ring (bicyclic) bond motifs is 1. The lowest BCUT2D eigenvalue weighted by atomic mass is 9.77. The second-order valence-electron chi connectivity index (χ2n) is 9.24. The number of aryl methyl sites for hydroxylation is 2. The third-order valence-corrected chi connectivity index (χ3v) is 7.24. The molecule has 0 unspecified atom stereocenters. The first-order valence-corrected chi connectivity index (χ1v) is 12.0. The fourth-order valence-electron chi connectivity index (χ4n) is 5.71. The number of methoxy groups -OCH3 is 1. The van der Waals surface area contributed by atoms with E-state index in [1.807, 2.05) is 6.20 Å². The van der Waals surface area contributed by atoms with E-state index in [0.29, 0.717) is 12.4 Å². The van der Waals surface area contributed by atoms with Crippen LogP contribution in [0.3, 0.4) is 0 Å². The van der Waals surface area contributed by atoms with Crippen LogP contribution in [0.4, 0.5) is 0 Å². The van der Waals surface area contributed by atoms with Crippen LogP contribution in [0.2, 0.25) is 0 Å². The predicted molar refractivity (Wildman–Crippen MR) is 123 cm³/mol. The highest BCUT2D eigenvalue weighted by Crippen LogP contribution is 2.48. The van der Waals surface area contributed by atoms with Crippen LogP contribution < -0.4 is 0 Å². The molecule has 168 valence electrons. The molecule has 0 radical (unpaired) electrons. The molecule has 3 aromatic rings. The number of ether oxygens (including phenoxy) is 1. The largest absolute Gasteiger partial charge is 0.384 e. The van der Waals surface area contributed by atoms with Gasteiger partial charge in [-0.2, -0.15) is 5.21 Å². The Morgan fingerprint density at radius 1 is 1.06 bits per heavy atom. The maximum atomic E-state index is 5.79. The van der Waals surface area contributed by atoms with E-state index >= 15 is 0 Å². The Kier molecular flexibility index (Phi) is 6.00. The first kappa shape index (κ1) is 21.2. The van der Waals surface area contributed by atoms with Crippen LogP contribution in [-0.4, -0.2) is 44.3 Å². The highest BCUT2D eigenvalue weighted by Gasteiger charge is 2.41. The molecule has 2 aliphatic rings. The Balaban J connectivity index is 1.86. The molecule has 1 N–H and O–H groups in total. The standard InChI is InChI=1S/C25H32N6O/c1-3-18-15-17(11-14-26-18)21-19-9-5-4-6-10-20(19)27-23(22(21)24-28-30-31-29-24)25(16-32-2)12-7-8-13-25/h11,14-15H,3-10,12-13,16H2,1-2H3,(H,28,29,30,31). The third-order valence-electron chi connectivity index (χ3n) is 7.24. The molecule has 2 aliphatic carbocycles. The fraction of sp³-hybridized carbons (Fsp3) is 0.560. The molecule has 3 heterocycles. The number of hydrogen-bond acceptors (Lipinski definition) is 6. The quantitative estimate of drug-likeness (QED) is 0.572. The lowest BCUT2D eigenvalue weighted by molar-refractivity contribution is 0.129. The highest BCUT2D eigenvalue weighted by atomic mass is 16.5. The number of rotatable bonds is 6. The van der Waals surface area contributed by atoms with Crippen molar-refractivity contribution in [3.8, 4) is 22.5 Å². The molecule has 1 saturated carbocycles. The van der Waals surface area contributed by atoms with Gasteiger partial charge in [0.05, 0.1) is 17.9 Å². The van der Waals surface area contributed by atoms with Gasteiger partial charge in [0.1, 0.15) is 0 Å². The van der Waals surface area contributed by atoms with Gasteiger partial charge in [0.25, 0.3) is 0 Å². The zero-order chi connectivity index (χ0) is 22.0. The Morgan fingerprint density at radius 2 is 1.91 bits per heavy atom. The van der Waals surface area contributed by atoms with Gasteiger partial charge < -0.3 is 4.74 Å². The smallest absolute Gasteiger partial charge is 0.207 e. The second kappa shape index (κ2) is 9.06. The number of aromatic amines is 1. The SMILES string of the molecule is CCc1cc(-c2c3c(nc(C4(COC)CCCC4)c2-c2nn[nH]n2)CCCCC3)ccn1. The minimum Gasteiger partial charge on any atom is -0.384 e. The first-order valence-electron chi connectivity index (χ1n) is 12.0. The molecule has 0 bridgehead atoms. The summed E-state index contributed by atoms with van der Waals surface area (Å²) >= 11 is 0. The van der Waals surface area contributed by atoms with Crippen molar-refractivity contribution in [1.29, 1.82) is 0 Å². The van der Waals surface area contributed by atoms with Crippen LogP contribution in [0.15, 0.2) is 18.3 Å². The van der Waals surface area contributed by atoms with Gasteiger partial charge in [-0.25, -0.2) is 0 Å². The van der Waals surface area contributed by atoms with Crippen molar-refractivity contribution in [2.75, 3.05) is 13.7 Å². The van der Waals surface area contributed by atoms with Gasteiger partial charge in [0, 0.05) is 30.1 Å². The number of tetrazole rings is 1. The summed E-state index contributed by atoms with van der Waals surface area (Å²) in [5, 5.41) is 15.5. The molecular weight excluding hydrogens is 400 g/mol. The Bertz CT molecular complexity index is 1070. The predicted octanol–water partition coefficient (Wildman–Crippen LogP) is 4.61. The average molecular weight is 433 g/mol. The van der Waals surface area contributed by atoms with Gasteiger partial charge in [0.15, 0.2) is 0 Å². The van der Waals surface area contributed by atoms with Crippen molar-refractivity contribution in [2.24, 2.45) is 0 Å². The molecule has 0 spiro atoms. The molecule has 0 atom stereocenters. The van der Waals surface area contributed by atoms with Crippen molar-refractivity contribution in [2.45, 2.75) is 76.5 Å². The van der Waals surface area contributed by atoms with Gasteiger partial charge >= 0.3 is 0 Å². The molecule has 0 saturated heterocycles. The maximum absolute atomic E-state index is 5.79. The van der Waals surface area contributed by atoms with E-state index in [9.17, 15) is 0 Å². The summed E-state index contributed by atoms with van der Waals surface area (Å²) in [6, 6.07) is 4.36. The molecular formula is C25H32N6O. The monoisotopic (exact) mass is 432 g/mol. The second-order valence-corrected chi connectivity index (χ2v) is 9.24. The summed E-state index contributed by atoms with van der Waals surface area (Å²) in [6.45, 7) is 2.82. The van der Waals surface area contributed by atoms with Gasteiger partial charge in [-0.05, 0) is 79.0 Å². The normalized spacial score (nSPS) is 17.8. The lowest BCUT2D eigenvalue weighted by Gasteiger charge is -2.32. The number of nitrogens with one attached hydrogen (secondary N) is 1. The van der Waals surface area contributed by atoms with E-state index in [1.54, 1.807) is 7.11 Å². The van der Waals surface area contributed by atoms with Crippen LogP contribution in [0.1, 0.15) is 74.5 Å². The Morgan fingerprint density at radius 3 is 2.66 bits per heavy atom. The molecule has 7 nitrogen and oxygen atoms in total. The summed E-state index contributed by atoms with van der Waals surface area (Å²) in [6.07, 6.45) is 13.0. The zero-order valence-electron chi connectivity index (χ0n) is 19.2. The summed E-state index contributed by atoms with van der Waals surface area (Å²) in [7, 11) is 1.80. The highest BCUT2D eigenvalue weighted by molar-refractivity contribution is 5.86. The van der Waals surface area contributed by atoms with Crippen molar-refractivity contribution in [1.82, 2.24) is 30.6 Å². The minimum atomic E-state index is -0.110. The number of pyridine rings is 2. The topological polar surface area (TPSA) is 89.5 Å². The molecule has 0 aliphatic heterocycles. The Labute approximate surface area is 189 Å². The average Bonchev–Trinajstić information content (AvgIpc) is 3.47. The summed E-state index contributed by atoms with van der Waals surface area (Å²) in [5.41, 5.74) is 8.13. The van der Waals surface area contributed by atoms with Gasteiger partial charge in [-0.1, -0.05) is 26.2 Å². The van der Waals surface area contributed by atoms with Gasteiger partial charge in [0.2, 0.25) is 5.82 Å². The lowest BCUT2D eigenvalue weighted by Crippen LogP contribution is -2.31. The summed E-state index contributed by atoms with van der Waals surface area (Å²) in [5.74, 6) is 0.631. The molecule has 5 rings (SSSR count). The minimum absolute atomic E-state index is 0.110. The zero-order valence-corrected chi connectivity index (χ0v) is 19.2. The van der Waals surface area contributed by atoms with Crippen LogP contribution >= 0.6 is 0 Å². The molecule has 32 heavy (non-hydrogen) atoms. The van der Waals surface area contributed by atoms with E-state index in [1.165, 1.54) is 54.5 Å². The number of hydrogen-bond donors (Lipinski definition) is 1. The van der Waals surface area contributed by atoms with E-state index in [2.05, 4.69) is 44.7 Å². The Hall–Kier alpha value is -2.67. The fourth-order valence-corrected chi connectivity index (χ4v) is 5.71. The van der Waals surface area contributed by atoms with Crippen LogP contribution in [-0.2, 0) is 29.4 Å². The van der Waals surface area contributed by atoms with Gasteiger partial charge in [-0.15, -0.1) is 10.2 Å². The van der Waals surface area contributed by atoms with Crippen molar-refractivity contribution < 1.29 is 4.74 Å². The third kappa shape index (κ3) is 3.72. The van der Waals surface area contributed by atoms with Crippen molar-refractivity contribution >= 4 is 0 Å². The van der Waals surface area contributed by atoms with Crippen molar-refractivity contribution in [3.05, 3.63) is 41.0 Å². The molecule has 1 fully saturated rings. The van der Waals surface area contributed by atoms with E-state index in [0.717, 1.165) is 49.1 Å². The van der Waals surface area contributed by atoms with Crippen LogP contribution in [0.25, 0.3) is 22.5 Å². The summed E-state index contributed by atoms with van der Waals surface area (Å²) in [4.78, 5) is 9.98. The van der Waals surface area contributed by atoms with Gasteiger partial charge in [-0.3, -0.25) is 9.97 Å². The van der Waals surface area contributed by atoms with E-state index in [4.69, 9.17) is 9.72 Å². The number of nitrogens with zero attached hydrogens (tertiary/aromatic N) is 5. The first-order chi connectivity index (χ1) is 15.8. The molecule has 0 amide bonds. The maximum Gasteiger partial charge on any atom is 0.207 e. The molecule has 3 aromatic heterocycles. The molecule has 7 heteroatoms. The van der Waals surface area contributed by atoms with E-state index in [-0.39, 0.29) is 5.41 Å². The number of H-pyrrole nitrogens is 1.